The van der Waals surface area contributed by atoms with E-state index in [9.17, 15) is 9.59 Å². The molecule has 2 amide bonds. The summed E-state index contributed by atoms with van der Waals surface area (Å²) in [7, 11) is 0. The molecule has 0 bridgehead atoms. The van der Waals surface area contributed by atoms with E-state index in [1.807, 2.05) is 6.92 Å². The summed E-state index contributed by atoms with van der Waals surface area (Å²) in [5.41, 5.74) is 0. The fraction of sp³-hybridized carbons (Fsp3) is 0.833. The van der Waals surface area contributed by atoms with E-state index in [1.165, 1.54) is 0 Å². The molecule has 2 aliphatic rings. The first-order valence-corrected chi connectivity index (χ1v) is 6.58. The molecular formula is C12H21N3O3. The highest BCUT2D eigenvalue weighted by Crippen LogP contribution is 2.08. The fourth-order valence-electron chi connectivity index (χ4n) is 2.33. The molecular weight excluding hydrogens is 234 g/mol. The zero-order valence-corrected chi connectivity index (χ0v) is 10.9. The number of nitrogens with one attached hydrogen (secondary N) is 1. The molecule has 1 N–H and O–H groups in total. The van der Waals surface area contributed by atoms with Gasteiger partial charge in [-0.05, 0) is 6.42 Å². The average Bonchev–Trinajstić information content (AvgIpc) is 2.37. The molecule has 102 valence electrons. The minimum atomic E-state index is 0.00762. The van der Waals surface area contributed by atoms with E-state index < -0.39 is 0 Å². The molecule has 1 atom stereocenters. The van der Waals surface area contributed by atoms with Crippen LogP contribution >= 0.6 is 0 Å². The number of hydrogen-bond donors (Lipinski definition) is 1. The third-order valence-corrected chi connectivity index (χ3v) is 3.28. The van der Waals surface area contributed by atoms with Crippen molar-refractivity contribution in [2.45, 2.75) is 19.4 Å². The van der Waals surface area contributed by atoms with Crippen molar-refractivity contribution in [3.05, 3.63) is 0 Å². The maximum absolute atomic E-state index is 12.0. The number of rotatable bonds is 4. The first-order valence-electron chi connectivity index (χ1n) is 6.58. The van der Waals surface area contributed by atoms with Gasteiger partial charge in [0.05, 0.1) is 25.8 Å². The van der Waals surface area contributed by atoms with E-state index in [0.717, 1.165) is 19.5 Å². The Balaban J connectivity index is 1.86. The highest BCUT2D eigenvalue weighted by Gasteiger charge is 2.31. The number of nitrogens with zero attached hydrogens (tertiary/aromatic N) is 2. The van der Waals surface area contributed by atoms with E-state index >= 15 is 0 Å². The van der Waals surface area contributed by atoms with Crippen molar-refractivity contribution in [2.75, 3.05) is 45.9 Å². The van der Waals surface area contributed by atoms with Crippen LogP contribution < -0.4 is 5.32 Å². The first kappa shape index (κ1) is 13.3. The molecule has 6 nitrogen and oxygen atoms in total. The van der Waals surface area contributed by atoms with E-state index in [0.29, 0.717) is 19.7 Å². The van der Waals surface area contributed by atoms with Crippen molar-refractivity contribution in [2.24, 2.45) is 0 Å². The predicted molar refractivity (Wildman–Crippen MR) is 66.1 cm³/mol. The van der Waals surface area contributed by atoms with Gasteiger partial charge in [-0.2, -0.15) is 0 Å². The van der Waals surface area contributed by atoms with Crippen molar-refractivity contribution in [1.82, 2.24) is 15.1 Å². The van der Waals surface area contributed by atoms with Crippen molar-refractivity contribution < 1.29 is 14.3 Å². The molecule has 0 radical (unpaired) electrons. The van der Waals surface area contributed by atoms with Crippen LogP contribution in [0.5, 0.6) is 0 Å². The average molecular weight is 255 g/mol. The Morgan fingerprint density at radius 1 is 1.28 bits per heavy atom. The van der Waals surface area contributed by atoms with Crippen LogP contribution in [-0.4, -0.2) is 73.6 Å². The van der Waals surface area contributed by atoms with Crippen LogP contribution in [-0.2, 0) is 14.3 Å². The van der Waals surface area contributed by atoms with Crippen molar-refractivity contribution in [3.8, 4) is 0 Å². The molecule has 18 heavy (non-hydrogen) atoms. The summed E-state index contributed by atoms with van der Waals surface area (Å²) in [4.78, 5) is 27.1. The summed E-state index contributed by atoms with van der Waals surface area (Å²) < 4.78 is 5.56. The lowest BCUT2D eigenvalue weighted by Gasteiger charge is -2.36. The van der Waals surface area contributed by atoms with Crippen molar-refractivity contribution >= 4 is 11.8 Å². The lowest BCUT2D eigenvalue weighted by atomic mass is 10.2. The fourth-order valence-corrected chi connectivity index (χ4v) is 2.33. The summed E-state index contributed by atoms with van der Waals surface area (Å²) in [6.45, 7) is 5.86. The first-order chi connectivity index (χ1) is 8.70. The van der Waals surface area contributed by atoms with Crippen molar-refractivity contribution in [1.29, 1.82) is 0 Å². The largest absolute Gasteiger partial charge is 0.374 e. The summed E-state index contributed by atoms with van der Waals surface area (Å²) in [6, 6.07) is 0. The van der Waals surface area contributed by atoms with Gasteiger partial charge in [0, 0.05) is 26.2 Å². The monoisotopic (exact) mass is 255 g/mol. The van der Waals surface area contributed by atoms with Gasteiger partial charge in [0.2, 0.25) is 11.8 Å². The molecule has 2 rings (SSSR count). The molecule has 2 saturated heterocycles. The van der Waals surface area contributed by atoms with E-state index in [-0.39, 0.29) is 31.0 Å². The number of carbonyl (C=O) groups excluding carboxylic acids is 2. The van der Waals surface area contributed by atoms with Crippen LogP contribution in [0.3, 0.4) is 0 Å². The Hall–Kier alpha value is -1.14. The molecule has 2 fully saturated rings. The third-order valence-electron chi connectivity index (χ3n) is 3.28. The normalized spacial score (nSPS) is 25.7. The SMILES string of the molecule is CCCN1CC(=O)N(CC2CNCCO2)CC1=O. The van der Waals surface area contributed by atoms with Gasteiger partial charge in [0.1, 0.15) is 0 Å². The molecule has 6 heteroatoms. The maximum Gasteiger partial charge on any atom is 0.242 e. The third kappa shape index (κ3) is 3.20. The molecule has 2 heterocycles. The van der Waals surface area contributed by atoms with E-state index in [4.69, 9.17) is 4.74 Å². The quantitative estimate of drug-likeness (QED) is 0.704. The molecule has 0 aromatic heterocycles. The van der Waals surface area contributed by atoms with Gasteiger partial charge in [-0.15, -0.1) is 0 Å². The molecule has 0 aromatic carbocycles. The number of morpholine rings is 1. The highest BCUT2D eigenvalue weighted by molar-refractivity contribution is 5.92. The van der Waals surface area contributed by atoms with Crippen LogP contribution in [0.4, 0.5) is 0 Å². The molecule has 1 unspecified atom stereocenters. The lowest BCUT2D eigenvalue weighted by Crippen LogP contribution is -2.57. The van der Waals surface area contributed by atoms with E-state index in [2.05, 4.69) is 5.32 Å². The van der Waals surface area contributed by atoms with Crippen LogP contribution in [0.1, 0.15) is 13.3 Å². The van der Waals surface area contributed by atoms with Gasteiger partial charge in [0.15, 0.2) is 0 Å². The van der Waals surface area contributed by atoms with Gasteiger partial charge < -0.3 is 19.9 Å². The van der Waals surface area contributed by atoms with Crippen LogP contribution in [0.15, 0.2) is 0 Å². The summed E-state index contributed by atoms with van der Waals surface area (Å²) in [5, 5.41) is 3.22. The Morgan fingerprint density at radius 3 is 2.67 bits per heavy atom. The second-order valence-corrected chi connectivity index (χ2v) is 4.79. The number of hydrogen-bond acceptors (Lipinski definition) is 4. The highest BCUT2D eigenvalue weighted by atomic mass is 16.5. The lowest BCUT2D eigenvalue weighted by molar-refractivity contribution is -0.152. The second-order valence-electron chi connectivity index (χ2n) is 4.79. The topological polar surface area (TPSA) is 61.9 Å². The zero-order chi connectivity index (χ0) is 13.0. The number of piperazine rings is 1. The second kappa shape index (κ2) is 6.15. The van der Waals surface area contributed by atoms with Gasteiger partial charge in [-0.25, -0.2) is 0 Å². The molecule has 0 aliphatic carbocycles. The van der Waals surface area contributed by atoms with Gasteiger partial charge in [-0.1, -0.05) is 6.92 Å². The Labute approximate surface area is 107 Å². The summed E-state index contributed by atoms with van der Waals surface area (Å²) in [5.74, 6) is 0.0671. The smallest absolute Gasteiger partial charge is 0.242 e. The summed E-state index contributed by atoms with van der Waals surface area (Å²) in [6.07, 6.45) is 0.891. The molecule has 0 saturated carbocycles. The van der Waals surface area contributed by atoms with Gasteiger partial charge in [-0.3, -0.25) is 9.59 Å². The van der Waals surface area contributed by atoms with Gasteiger partial charge in [0.25, 0.3) is 0 Å². The van der Waals surface area contributed by atoms with Crippen LogP contribution in [0, 0.1) is 0 Å². The number of ether oxygens (including phenoxy) is 1. The Kier molecular flexibility index (Phi) is 4.54. The standard InChI is InChI=1S/C12H21N3O3/c1-2-4-14-8-12(17)15(9-11(14)16)7-10-6-13-3-5-18-10/h10,13H,2-9H2,1H3. The van der Waals surface area contributed by atoms with Crippen LogP contribution in [0.2, 0.25) is 0 Å². The Morgan fingerprint density at radius 2 is 2.00 bits per heavy atom. The minimum absolute atomic E-state index is 0.00762. The maximum atomic E-state index is 12.0. The predicted octanol–water partition coefficient (Wildman–Crippen LogP) is -0.944. The number of carbonyl (C=O) groups is 2. The minimum Gasteiger partial charge on any atom is -0.374 e. The van der Waals surface area contributed by atoms with Crippen LogP contribution in [0.25, 0.3) is 0 Å². The zero-order valence-electron chi connectivity index (χ0n) is 10.9. The van der Waals surface area contributed by atoms with E-state index in [1.54, 1.807) is 9.80 Å². The van der Waals surface area contributed by atoms with Crippen molar-refractivity contribution in [3.63, 3.8) is 0 Å². The Bertz CT molecular complexity index is 316. The van der Waals surface area contributed by atoms with Gasteiger partial charge >= 0.3 is 0 Å². The molecule has 0 spiro atoms. The number of amides is 2. The molecule has 0 aromatic rings. The summed E-state index contributed by atoms with van der Waals surface area (Å²) >= 11 is 0. The molecule has 2 aliphatic heterocycles.